The highest BCUT2D eigenvalue weighted by Crippen LogP contribution is 2.41. The van der Waals surface area contributed by atoms with Crippen LogP contribution in [0.2, 0.25) is 0 Å². The molecule has 5 nitrogen and oxygen atoms in total. The van der Waals surface area contributed by atoms with Crippen LogP contribution in [-0.4, -0.2) is 35.9 Å². The van der Waals surface area contributed by atoms with E-state index >= 15 is 0 Å². The predicted octanol–water partition coefficient (Wildman–Crippen LogP) is 3.29. The van der Waals surface area contributed by atoms with E-state index in [2.05, 4.69) is 4.98 Å². The highest BCUT2D eigenvalue weighted by molar-refractivity contribution is 7.89. The van der Waals surface area contributed by atoms with E-state index in [9.17, 15) is 12.8 Å². The Hall–Kier alpha value is -1.99. The lowest BCUT2D eigenvalue weighted by Gasteiger charge is -2.37. The summed E-state index contributed by atoms with van der Waals surface area (Å²) in [6.45, 7) is 1.58. The molecule has 2 aliphatic heterocycles. The average Bonchev–Trinajstić information content (AvgIpc) is 2.90. The number of pyridine rings is 1. The minimum atomic E-state index is -3.63. The Bertz CT molecular complexity index is 890. The second-order valence-corrected chi connectivity index (χ2v) is 8.87. The van der Waals surface area contributed by atoms with Crippen molar-refractivity contribution in [1.29, 1.82) is 0 Å². The van der Waals surface area contributed by atoms with Crippen molar-refractivity contribution in [2.45, 2.75) is 55.7 Å². The summed E-state index contributed by atoms with van der Waals surface area (Å²) >= 11 is 0. The van der Waals surface area contributed by atoms with Crippen molar-refractivity contribution in [1.82, 2.24) is 9.29 Å². The summed E-state index contributed by atoms with van der Waals surface area (Å²) in [7, 11) is -3.63. The molecule has 2 bridgehead atoms. The molecule has 2 atom stereocenters. The zero-order valence-corrected chi connectivity index (χ0v) is 15.3. The summed E-state index contributed by atoms with van der Waals surface area (Å²) in [4.78, 5) is 4.15. The largest absolute Gasteiger partial charge is 0.490 e. The molecule has 2 aliphatic rings. The smallest absolute Gasteiger partial charge is 0.243 e. The number of nitrogens with zero attached hydrogens (tertiary/aromatic N) is 2. The Balaban J connectivity index is 1.55. The van der Waals surface area contributed by atoms with E-state index in [1.807, 2.05) is 12.1 Å². The van der Waals surface area contributed by atoms with E-state index in [0.29, 0.717) is 18.4 Å². The van der Waals surface area contributed by atoms with Crippen LogP contribution in [0.5, 0.6) is 5.75 Å². The first kappa shape index (κ1) is 17.4. The van der Waals surface area contributed by atoms with Gasteiger partial charge in [0.2, 0.25) is 10.0 Å². The lowest BCUT2D eigenvalue weighted by molar-refractivity contribution is 0.0956. The molecule has 138 valence electrons. The first-order valence-corrected chi connectivity index (χ1v) is 10.3. The molecule has 2 unspecified atom stereocenters. The Labute approximate surface area is 152 Å². The fourth-order valence-corrected chi connectivity index (χ4v) is 6.06. The Morgan fingerprint density at radius 1 is 1.12 bits per heavy atom. The molecule has 26 heavy (non-hydrogen) atoms. The van der Waals surface area contributed by atoms with Gasteiger partial charge in [0.15, 0.2) is 0 Å². The molecule has 0 spiro atoms. The van der Waals surface area contributed by atoms with Crippen LogP contribution in [0.25, 0.3) is 0 Å². The number of benzene rings is 1. The molecule has 4 rings (SSSR count). The van der Waals surface area contributed by atoms with Crippen molar-refractivity contribution < 1.29 is 17.5 Å². The molecule has 7 heteroatoms. The van der Waals surface area contributed by atoms with Crippen molar-refractivity contribution in [2.75, 3.05) is 0 Å². The average molecular weight is 376 g/mol. The highest BCUT2D eigenvalue weighted by Gasteiger charge is 2.47. The minimum Gasteiger partial charge on any atom is -0.490 e. The summed E-state index contributed by atoms with van der Waals surface area (Å²) in [5, 5.41) is 0. The van der Waals surface area contributed by atoms with E-state index in [-0.39, 0.29) is 23.1 Å². The summed E-state index contributed by atoms with van der Waals surface area (Å²) in [5.74, 6) is 0.367. The van der Waals surface area contributed by atoms with Gasteiger partial charge in [0.05, 0.1) is 4.90 Å². The molecule has 2 aromatic rings. The Kier molecular flexibility index (Phi) is 4.44. The lowest BCUT2D eigenvalue weighted by atomic mass is 10.0. The predicted molar refractivity (Wildman–Crippen MR) is 94.9 cm³/mol. The molecule has 0 amide bonds. The van der Waals surface area contributed by atoms with Crippen LogP contribution in [0.3, 0.4) is 0 Å². The lowest BCUT2D eigenvalue weighted by Crippen LogP contribution is -2.49. The van der Waals surface area contributed by atoms with Crippen LogP contribution in [0, 0.1) is 12.7 Å². The number of halogens is 1. The van der Waals surface area contributed by atoms with Gasteiger partial charge in [-0.15, -0.1) is 0 Å². The molecule has 3 heterocycles. The number of rotatable bonds is 4. The van der Waals surface area contributed by atoms with Gasteiger partial charge in [-0.3, -0.25) is 4.98 Å². The maximum absolute atomic E-state index is 13.5. The number of sulfonamides is 1. The number of fused-ring (bicyclic) bond motifs is 2. The van der Waals surface area contributed by atoms with Crippen molar-refractivity contribution in [2.24, 2.45) is 0 Å². The Morgan fingerprint density at radius 2 is 1.77 bits per heavy atom. The molecule has 1 aromatic heterocycles. The van der Waals surface area contributed by atoms with Crippen LogP contribution in [0.15, 0.2) is 47.6 Å². The first-order valence-electron chi connectivity index (χ1n) is 8.81. The van der Waals surface area contributed by atoms with Crippen LogP contribution >= 0.6 is 0 Å². The molecule has 0 N–H and O–H groups in total. The van der Waals surface area contributed by atoms with Crippen molar-refractivity contribution in [3.8, 4) is 5.75 Å². The maximum Gasteiger partial charge on any atom is 0.243 e. The summed E-state index contributed by atoms with van der Waals surface area (Å²) in [6.07, 6.45) is 6.36. The second kappa shape index (κ2) is 6.63. The van der Waals surface area contributed by atoms with Crippen molar-refractivity contribution in [3.05, 3.63) is 54.1 Å². The van der Waals surface area contributed by atoms with Gasteiger partial charge in [-0.1, -0.05) is 0 Å². The van der Waals surface area contributed by atoms with E-state index < -0.39 is 15.8 Å². The molecule has 0 aliphatic carbocycles. The van der Waals surface area contributed by atoms with Gasteiger partial charge < -0.3 is 4.74 Å². The molecule has 1 aromatic carbocycles. The third-order valence-corrected chi connectivity index (χ3v) is 7.28. The van der Waals surface area contributed by atoms with E-state index in [0.717, 1.165) is 18.6 Å². The second-order valence-electron chi connectivity index (χ2n) is 7.03. The third kappa shape index (κ3) is 3.10. The number of hydrogen-bond donors (Lipinski definition) is 0. The molecule has 0 radical (unpaired) electrons. The summed E-state index contributed by atoms with van der Waals surface area (Å²) < 4.78 is 47.4. The van der Waals surface area contributed by atoms with Crippen molar-refractivity contribution >= 4 is 10.0 Å². The summed E-state index contributed by atoms with van der Waals surface area (Å²) in [5.41, 5.74) is 0.342. The van der Waals surface area contributed by atoms with E-state index in [1.165, 1.54) is 18.2 Å². The van der Waals surface area contributed by atoms with Crippen LogP contribution in [0.4, 0.5) is 4.39 Å². The van der Waals surface area contributed by atoms with Gasteiger partial charge in [0.25, 0.3) is 0 Å². The Morgan fingerprint density at radius 3 is 2.38 bits per heavy atom. The first-order chi connectivity index (χ1) is 12.4. The number of aromatic nitrogens is 1. The van der Waals surface area contributed by atoms with Gasteiger partial charge in [-0.2, -0.15) is 4.31 Å². The van der Waals surface area contributed by atoms with E-state index in [4.69, 9.17) is 4.74 Å². The van der Waals surface area contributed by atoms with Crippen LogP contribution in [0.1, 0.15) is 31.2 Å². The minimum absolute atomic E-state index is 0.00342. The monoisotopic (exact) mass is 376 g/mol. The fraction of sp³-hybridized carbons (Fsp3) is 0.421. The van der Waals surface area contributed by atoms with Crippen LogP contribution in [-0.2, 0) is 10.0 Å². The molecule has 0 saturated carbocycles. The number of ether oxygens (including phenoxy) is 1. The molecular weight excluding hydrogens is 355 g/mol. The fourth-order valence-electron chi connectivity index (χ4n) is 4.08. The highest BCUT2D eigenvalue weighted by atomic mass is 32.2. The molecule has 2 saturated heterocycles. The quantitative estimate of drug-likeness (QED) is 0.822. The van der Waals surface area contributed by atoms with E-state index in [1.54, 1.807) is 23.6 Å². The normalized spacial score (nSPS) is 26.0. The number of hydrogen-bond acceptors (Lipinski definition) is 4. The van der Waals surface area contributed by atoms with Crippen molar-refractivity contribution in [3.63, 3.8) is 0 Å². The number of aryl methyl sites for hydroxylation is 1. The number of piperidine rings is 1. The zero-order valence-electron chi connectivity index (χ0n) is 14.5. The van der Waals surface area contributed by atoms with Gasteiger partial charge in [0.1, 0.15) is 17.7 Å². The molecule has 2 fully saturated rings. The van der Waals surface area contributed by atoms with Gasteiger partial charge >= 0.3 is 0 Å². The summed E-state index contributed by atoms with van der Waals surface area (Å²) in [6, 6.07) is 7.48. The topological polar surface area (TPSA) is 59.5 Å². The van der Waals surface area contributed by atoms with Crippen LogP contribution < -0.4 is 4.74 Å². The zero-order chi connectivity index (χ0) is 18.3. The molecular formula is C19H21FN2O3S. The third-order valence-electron chi connectivity index (χ3n) is 5.28. The van der Waals surface area contributed by atoms with Gasteiger partial charge in [0, 0.05) is 37.3 Å². The van der Waals surface area contributed by atoms with Gasteiger partial charge in [-0.25, -0.2) is 12.8 Å². The standard InChI is InChI=1S/C19H21FN2O3S/c1-13-10-18(4-5-19(13)20)26(23,24)22-14-2-3-15(22)12-17(11-14)25-16-6-8-21-9-7-16/h4-10,14-15,17H,2-3,11-12H2,1H3. The maximum atomic E-state index is 13.5. The SMILES string of the molecule is Cc1cc(S(=O)(=O)N2C3CCC2CC(Oc2ccncc2)C3)ccc1F. The van der Waals surface area contributed by atoms with Gasteiger partial charge in [-0.05, 0) is 55.7 Å².